The van der Waals surface area contributed by atoms with Crippen LogP contribution in [0.1, 0.15) is 219 Å². The first kappa shape index (κ1) is 52.2. The maximum atomic E-state index is 12.8. The Bertz CT molecular complexity index is 862. The number of hydrogen-bond donors (Lipinski definition) is 5. The van der Waals surface area contributed by atoms with E-state index < -0.39 is 38.6 Å². The molecule has 316 valence electrons. The van der Waals surface area contributed by atoms with E-state index in [1.807, 2.05) is 6.08 Å². The molecule has 53 heavy (non-hydrogen) atoms. The number of amides is 1. The molecule has 0 rings (SSSR count). The fourth-order valence-electron chi connectivity index (χ4n) is 6.77. The number of rotatable bonds is 42. The molecular formula is C43H87N2O7P. The number of carbonyl (C=O) groups excluding carboxylic acids is 1. The molecule has 0 aromatic carbocycles. The Labute approximate surface area is 327 Å². The van der Waals surface area contributed by atoms with Crippen LogP contribution in [0.3, 0.4) is 0 Å². The number of nitrogens with two attached hydrogens (primary N) is 1. The van der Waals surface area contributed by atoms with Gasteiger partial charge in [-0.25, -0.2) is 4.57 Å². The third kappa shape index (κ3) is 37.9. The highest BCUT2D eigenvalue weighted by atomic mass is 31.2. The average Bonchev–Trinajstić information content (AvgIpc) is 3.13. The molecule has 10 heteroatoms. The number of carbonyl (C=O) groups is 1. The van der Waals surface area contributed by atoms with Gasteiger partial charge in [0.1, 0.15) is 0 Å². The number of aliphatic hydroxyl groups excluding tert-OH is 2. The van der Waals surface area contributed by atoms with Crippen molar-refractivity contribution in [3.63, 3.8) is 0 Å². The van der Waals surface area contributed by atoms with Crippen molar-refractivity contribution in [3.8, 4) is 0 Å². The molecule has 4 atom stereocenters. The highest BCUT2D eigenvalue weighted by molar-refractivity contribution is 7.47. The molecule has 0 aliphatic rings. The molecule has 4 unspecified atom stereocenters. The first-order chi connectivity index (χ1) is 25.8. The standard InChI is InChI=1S/C43H87N2O7P/c1-3-5-7-9-11-13-15-16-17-18-19-20-21-22-23-25-26-28-30-32-34-40(46)38-43(48)45-41(39-52-53(49,50)51-37-36-44)42(47)35-33-31-29-27-24-14-12-10-8-6-4-2/h33,35,40-42,46-47H,3-32,34,36-39,44H2,1-2H3,(H,45,48)(H,49,50)/b35-33+. The Hall–Kier alpha value is -0.800. The fraction of sp³-hybridized carbons (Fsp3) is 0.930. The van der Waals surface area contributed by atoms with Crippen molar-refractivity contribution in [3.05, 3.63) is 12.2 Å². The second-order valence-corrected chi connectivity index (χ2v) is 16.9. The molecule has 0 aromatic heterocycles. The number of aliphatic hydroxyl groups is 2. The van der Waals surface area contributed by atoms with E-state index in [2.05, 4.69) is 19.2 Å². The molecule has 9 nitrogen and oxygen atoms in total. The van der Waals surface area contributed by atoms with Crippen molar-refractivity contribution in [2.75, 3.05) is 19.8 Å². The van der Waals surface area contributed by atoms with Gasteiger partial charge in [0, 0.05) is 6.54 Å². The van der Waals surface area contributed by atoms with E-state index >= 15 is 0 Å². The van der Waals surface area contributed by atoms with Gasteiger partial charge in [-0.05, 0) is 19.3 Å². The van der Waals surface area contributed by atoms with Crippen molar-refractivity contribution in [2.45, 2.75) is 238 Å². The molecule has 0 spiro atoms. The van der Waals surface area contributed by atoms with Crippen LogP contribution in [0.4, 0.5) is 0 Å². The number of phosphoric ester groups is 1. The molecule has 0 saturated carbocycles. The second kappa shape index (κ2) is 39.4. The Morgan fingerprint density at radius 1 is 0.642 bits per heavy atom. The van der Waals surface area contributed by atoms with Crippen LogP contribution < -0.4 is 11.1 Å². The number of nitrogens with one attached hydrogen (secondary N) is 1. The van der Waals surface area contributed by atoms with E-state index in [0.29, 0.717) is 6.42 Å². The molecule has 0 radical (unpaired) electrons. The number of phosphoric acid groups is 1. The van der Waals surface area contributed by atoms with Gasteiger partial charge in [-0.2, -0.15) is 0 Å². The van der Waals surface area contributed by atoms with Gasteiger partial charge in [-0.3, -0.25) is 13.8 Å². The summed E-state index contributed by atoms with van der Waals surface area (Å²) in [5.41, 5.74) is 5.36. The predicted molar refractivity (Wildman–Crippen MR) is 223 cm³/mol. The van der Waals surface area contributed by atoms with Crippen molar-refractivity contribution >= 4 is 13.7 Å². The zero-order valence-corrected chi connectivity index (χ0v) is 35.5. The number of allylic oxidation sites excluding steroid dienone is 1. The third-order valence-corrected chi connectivity index (χ3v) is 11.2. The third-order valence-electron chi connectivity index (χ3n) is 10.2. The lowest BCUT2D eigenvalue weighted by molar-refractivity contribution is -0.124. The van der Waals surface area contributed by atoms with Gasteiger partial charge in [0.25, 0.3) is 0 Å². The second-order valence-electron chi connectivity index (χ2n) is 15.5. The van der Waals surface area contributed by atoms with Gasteiger partial charge < -0.3 is 26.2 Å². The van der Waals surface area contributed by atoms with Gasteiger partial charge in [-0.15, -0.1) is 0 Å². The van der Waals surface area contributed by atoms with Gasteiger partial charge in [0.15, 0.2) is 0 Å². The van der Waals surface area contributed by atoms with Gasteiger partial charge in [0.05, 0.1) is 37.9 Å². The largest absolute Gasteiger partial charge is 0.472 e. The molecule has 0 bridgehead atoms. The maximum absolute atomic E-state index is 12.8. The smallest absolute Gasteiger partial charge is 0.393 e. The van der Waals surface area contributed by atoms with E-state index in [0.717, 1.165) is 38.5 Å². The Balaban J connectivity index is 4.17. The van der Waals surface area contributed by atoms with Crippen LogP contribution in [0.15, 0.2) is 12.2 Å². The van der Waals surface area contributed by atoms with Crippen LogP contribution >= 0.6 is 7.82 Å². The van der Waals surface area contributed by atoms with E-state index in [9.17, 15) is 24.5 Å². The number of unbranched alkanes of at least 4 members (excludes halogenated alkanes) is 28. The fourth-order valence-corrected chi connectivity index (χ4v) is 7.52. The van der Waals surface area contributed by atoms with Crippen molar-refractivity contribution in [1.82, 2.24) is 5.32 Å². The maximum Gasteiger partial charge on any atom is 0.472 e. The summed E-state index contributed by atoms with van der Waals surface area (Å²) in [6.07, 6.45) is 40.2. The molecular weight excluding hydrogens is 687 g/mol. The van der Waals surface area contributed by atoms with Crippen LogP contribution in [0.25, 0.3) is 0 Å². The van der Waals surface area contributed by atoms with Crippen LogP contribution in [0.5, 0.6) is 0 Å². The van der Waals surface area contributed by atoms with E-state index in [1.54, 1.807) is 6.08 Å². The summed E-state index contributed by atoms with van der Waals surface area (Å²) in [4.78, 5) is 22.7. The van der Waals surface area contributed by atoms with E-state index in [1.165, 1.54) is 154 Å². The lowest BCUT2D eigenvalue weighted by Gasteiger charge is -2.24. The Kier molecular flexibility index (Phi) is 38.8. The molecule has 0 aliphatic heterocycles. The van der Waals surface area contributed by atoms with Crippen LogP contribution in [0.2, 0.25) is 0 Å². The first-order valence-electron chi connectivity index (χ1n) is 22.4. The van der Waals surface area contributed by atoms with E-state index in [-0.39, 0.29) is 19.6 Å². The molecule has 6 N–H and O–H groups in total. The topological polar surface area (TPSA) is 151 Å². The summed E-state index contributed by atoms with van der Waals surface area (Å²) < 4.78 is 22.0. The van der Waals surface area contributed by atoms with E-state index in [4.69, 9.17) is 14.8 Å². The monoisotopic (exact) mass is 775 g/mol. The summed E-state index contributed by atoms with van der Waals surface area (Å²) in [6, 6.07) is -0.976. The van der Waals surface area contributed by atoms with Crippen LogP contribution in [-0.2, 0) is 18.4 Å². The zero-order chi connectivity index (χ0) is 39.1. The minimum Gasteiger partial charge on any atom is -0.393 e. The minimum absolute atomic E-state index is 0.0513. The molecule has 0 saturated heterocycles. The highest BCUT2D eigenvalue weighted by Crippen LogP contribution is 2.43. The summed E-state index contributed by atoms with van der Waals surface area (Å²) in [7, 11) is -4.39. The van der Waals surface area contributed by atoms with Gasteiger partial charge >= 0.3 is 7.82 Å². The molecule has 0 fully saturated rings. The van der Waals surface area contributed by atoms with Crippen LogP contribution in [0, 0.1) is 0 Å². The van der Waals surface area contributed by atoms with Crippen molar-refractivity contribution in [1.29, 1.82) is 0 Å². The Morgan fingerprint density at radius 3 is 1.45 bits per heavy atom. The van der Waals surface area contributed by atoms with Gasteiger partial charge in [-0.1, -0.05) is 206 Å². The summed E-state index contributed by atoms with van der Waals surface area (Å²) in [5, 5.41) is 24.0. The van der Waals surface area contributed by atoms with Crippen molar-refractivity contribution < 1.29 is 33.5 Å². The minimum atomic E-state index is -4.39. The van der Waals surface area contributed by atoms with Crippen LogP contribution in [-0.4, -0.2) is 59.0 Å². The highest BCUT2D eigenvalue weighted by Gasteiger charge is 2.27. The zero-order valence-electron chi connectivity index (χ0n) is 34.6. The quantitative estimate of drug-likeness (QED) is 0.0233. The lowest BCUT2D eigenvalue weighted by Crippen LogP contribution is -2.46. The molecule has 0 heterocycles. The molecule has 0 aliphatic carbocycles. The van der Waals surface area contributed by atoms with Crippen molar-refractivity contribution in [2.24, 2.45) is 5.73 Å². The summed E-state index contributed by atoms with van der Waals surface area (Å²) >= 11 is 0. The normalized spacial score (nSPS) is 14.8. The Morgan fingerprint density at radius 2 is 1.04 bits per heavy atom. The predicted octanol–water partition coefficient (Wildman–Crippen LogP) is 11.4. The summed E-state index contributed by atoms with van der Waals surface area (Å²) in [5.74, 6) is -0.443. The SMILES string of the molecule is CCCCCCCCCCC/C=C/C(O)C(COP(=O)(O)OCCN)NC(=O)CC(O)CCCCCCCCCCCCCCCCCCCCCC. The lowest BCUT2D eigenvalue weighted by atomic mass is 10.0. The molecule has 1 amide bonds. The first-order valence-corrected chi connectivity index (χ1v) is 23.9. The average molecular weight is 775 g/mol. The molecule has 0 aromatic rings. The number of hydrogen-bond acceptors (Lipinski definition) is 7. The van der Waals surface area contributed by atoms with Gasteiger partial charge in [0.2, 0.25) is 5.91 Å². The summed E-state index contributed by atoms with van der Waals surface area (Å²) in [6.45, 7) is 3.97.